The lowest BCUT2D eigenvalue weighted by Crippen LogP contribution is -2.22. The van der Waals surface area contributed by atoms with Gasteiger partial charge in [0, 0.05) is 6.61 Å². The molecule has 5 nitrogen and oxygen atoms in total. The van der Waals surface area contributed by atoms with Crippen molar-refractivity contribution in [3.8, 4) is 0 Å². The molecule has 1 aromatic rings. The summed E-state index contributed by atoms with van der Waals surface area (Å²) in [7, 11) is 0. The van der Waals surface area contributed by atoms with E-state index in [1.54, 1.807) is 0 Å². The molecule has 2 rings (SSSR count). The zero-order valence-electron chi connectivity index (χ0n) is 9.98. The Morgan fingerprint density at radius 1 is 1.53 bits per heavy atom. The van der Waals surface area contributed by atoms with Gasteiger partial charge >= 0.3 is 12.1 Å². The molecule has 0 saturated carbocycles. The Bertz CT molecular complexity index is 464. The van der Waals surface area contributed by atoms with Crippen molar-refractivity contribution in [2.75, 3.05) is 6.61 Å². The van der Waals surface area contributed by atoms with E-state index >= 15 is 0 Å². The van der Waals surface area contributed by atoms with E-state index < -0.39 is 30.5 Å². The summed E-state index contributed by atoms with van der Waals surface area (Å²) >= 11 is 0. The predicted octanol–water partition coefficient (Wildman–Crippen LogP) is 2.23. The lowest BCUT2D eigenvalue weighted by Gasteiger charge is -2.24. The highest BCUT2D eigenvalue weighted by Crippen LogP contribution is 2.31. The Labute approximate surface area is 107 Å². The second-order valence-electron chi connectivity index (χ2n) is 4.35. The zero-order valence-corrected chi connectivity index (χ0v) is 9.98. The highest BCUT2D eigenvalue weighted by Gasteiger charge is 2.36. The molecule has 106 valence electrons. The number of nitrogens with zero attached hydrogens (tertiary/aromatic N) is 2. The van der Waals surface area contributed by atoms with E-state index in [0.29, 0.717) is 13.0 Å². The fourth-order valence-electron chi connectivity index (χ4n) is 2.02. The summed E-state index contributed by atoms with van der Waals surface area (Å²) in [6, 6.07) is 0.770. The number of aliphatic carboxylic acids is 1. The van der Waals surface area contributed by atoms with Gasteiger partial charge in [0.2, 0.25) is 0 Å². The maximum Gasteiger partial charge on any atom is 0.435 e. The van der Waals surface area contributed by atoms with Crippen molar-refractivity contribution in [1.82, 2.24) is 9.78 Å². The van der Waals surface area contributed by atoms with Crippen molar-refractivity contribution in [2.24, 2.45) is 0 Å². The van der Waals surface area contributed by atoms with Gasteiger partial charge in [0.05, 0.1) is 12.1 Å². The summed E-state index contributed by atoms with van der Waals surface area (Å²) in [5.41, 5.74) is -1.08. The van der Waals surface area contributed by atoms with Gasteiger partial charge in [-0.1, -0.05) is 0 Å². The summed E-state index contributed by atoms with van der Waals surface area (Å²) in [5.74, 6) is -1.20. The highest BCUT2D eigenvalue weighted by atomic mass is 19.4. The van der Waals surface area contributed by atoms with Crippen molar-refractivity contribution >= 4 is 5.97 Å². The average Bonchev–Trinajstić information content (AvgIpc) is 2.73. The average molecular weight is 278 g/mol. The third kappa shape index (κ3) is 3.25. The zero-order chi connectivity index (χ0) is 14.0. The number of aromatic nitrogens is 2. The fourth-order valence-corrected chi connectivity index (χ4v) is 2.02. The first-order valence-electron chi connectivity index (χ1n) is 5.87. The molecule has 0 amide bonds. The van der Waals surface area contributed by atoms with E-state index in [0.717, 1.165) is 23.6 Å². The minimum absolute atomic E-state index is 0.00623. The van der Waals surface area contributed by atoms with Gasteiger partial charge in [0.1, 0.15) is 6.23 Å². The van der Waals surface area contributed by atoms with Gasteiger partial charge < -0.3 is 9.84 Å². The Balaban J connectivity index is 2.32. The molecule has 8 heteroatoms. The topological polar surface area (TPSA) is 64.3 Å². The Kier molecular flexibility index (Phi) is 3.79. The number of rotatable bonds is 3. The van der Waals surface area contributed by atoms with Gasteiger partial charge in [-0.3, -0.25) is 4.79 Å². The van der Waals surface area contributed by atoms with E-state index in [9.17, 15) is 18.0 Å². The largest absolute Gasteiger partial charge is 0.481 e. The molecule has 1 aliphatic rings. The monoisotopic (exact) mass is 278 g/mol. The third-order valence-corrected chi connectivity index (χ3v) is 2.86. The molecule has 1 fully saturated rings. The standard InChI is InChI=1S/C11H13F3N2O3/c12-11(13,14)8-5-7(6-10(17)18)16(15-8)9-3-1-2-4-19-9/h5,9H,1-4,6H2,(H,17,18). The molecular weight excluding hydrogens is 265 g/mol. The summed E-state index contributed by atoms with van der Waals surface area (Å²) in [5, 5.41) is 12.2. The van der Waals surface area contributed by atoms with Crippen LogP contribution in [0.2, 0.25) is 0 Å². The van der Waals surface area contributed by atoms with Crippen LogP contribution in [0.3, 0.4) is 0 Å². The smallest absolute Gasteiger partial charge is 0.435 e. The molecule has 19 heavy (non-hydrogen) atoms. The van der Waals surface area contributed by atoms with Crippen LogP contribution in [0.4, 0.5) is 13.2 Å². The summed E-state index contributed by atoms with van der Waals surface area (Å²) in [6.45, 7) is 0.443. The van der Waals surface area contributed by atoms with Gasteiger partial charge in [-0.2, -0.15) is 18.3 Å². The molecular formula is C11H13F3N2O3. The molecule has 0 radical (unpaired) electrons. The van der Waals surface area contributed by atoms with Crippen LogP contribution in [-0.4, -0.2) is 27.5 Å². The normalized spacial score (nSPS) is 20.5. The van der Waals surface area contributed by atoms with Crippen LogP contribution in [0.15, 0.2) is 6.07 Å². The molecule has 0 aliphatic carbocycles. The number of hydrogen-bond acceptors (Lipinski definition) is 3. The number of ether oxygens (including phenoxy) is 1. The van der Waals surface area contributed by atoms with E-state index in [-0.39, 0.29) is 5.69 Å². The quantitative estimate of drug-likeness (QED) is 0.920. The van der Waals surface area contributed by atoms with Gasteiger partial charge in [-0.05, 0) is 25.3 Å². The Morgan fingerprint density at radius 2 is 2.26 bits per heavy atom. The lowest BCUT2D eigenvalue weighted by atomic mass is 10.2. The maximum atomic E-state index is 12.6. The van der Waals surface area contributed by atoms with Crippen LogP contribution in [0, 0.1) is 0 Å². The number of carboxylic acid groups (broad SMARTS) is 1. The van der Waals surface area contributed by atoms with Crippen molar-refractivity contribution in [2.45, 2.75) is 38.1 Å². The number of carboxylic acids is 1. The predicted molar refractivity (Wildman–Crippen MR) is 57.4 cm³/mol. The molecule has 0 aromatic carbocycles. The van der Waals surface area contributed by atoms with Crippen LogP contribution in [-0.2, 0) is 22.1 Å². The highest BCUT2D eigenvalue weighted by molar-refractivity contribution is 5.69. The van der Waals surface area contributed by atoms with E-state index in [1.807, 2.05) is 0 Å². The summed E-state index contributed by atoms with van der Waals surface area (Å²) < 4.78 is 44.3. The van der Waals surface area contributed by atoms with E-state index in [2.05, 4.69) is 5.10 Å². The number of carbonyl (C=O) groups is 1. The third-order valence-electron chi connectivity index (χ3n) is 2.86. The fraction of sp³-hybridized carbons (Fsp3) is 0.636. The summed E-state index contributed by atoms with van der Waals surface area (Å²) in [6.07, 6.45) is -3.52. The molecule has 1 N–H and O–H groups in total. The molecule has 1 saturated heterocycles. The second kappa shape index (κ2) is 5.20. The Hall–Kier alpha value is -1.57. The van der Waals surface area contributed by atoms with Crippen LogP contribution < -0.4 is 0 Å². The first kappa shape index (κ1) is 13.9. The van der Waals surface area contributed by atoms with Crippen molar-refractivity contribution in [3.05, 3.63) is 17.5 Å². The van der Waals surface area contributed by atoms with Crippen molar-refractivity contribution < 1.29 is 27.8 Å². The van der Waals surface area contributed by atoms with Gasteiger partial charge in [-0.25, -0.2) is 4.68 Å². The minimum atomic E-state index is -4.59. The molecule has 2 heterocycles. The number of alkyl halides is 3. The van der Waals surface area contributed by atoms with Crippen molar-refractivity contribution in [1.29, 1.82) is 0 Å². The lowest BCUT2D eigenvalue weighted by molar-refractivity contribution is -0.142. The SMILES string of the molecule is O=C(O)Cc1cc(C(F)(F)F)nn1C1CCCCO1. The minimum Gasteiger partial charge on any atom is -0.481 e. The van der Waals surface area contributed by atoms with E-state index in [4.69, 9.17) is 9.84 Å². The van der Waals surface area contributed by atoms with Crippen LogP contribution in [0.5, 0.6) is 0 Å². The van der Waals surface area contributed by atoms with Gasteiger partial charge in [0.15, 0.2) is 5.69 Å². The molecule has 1 unspecified atom stereocenters. The first-order chi connectivity index (χ1) is 8.88. The van der Waals surface area contributed by atoms with Gasteiger partial charge in [-0.15, -0.1) is 0 Å². The summed E-state index contributed by atoms with van der Waals surface area (Å²) in [4.78, 5) is 10.7. The molecule has 1 aliphatic heterocycles. The van der Waals surface area contributed by atoms with Gasteiger partial charge in [0.25, 0.3) is 0 Å². The molecule has 1 atom stereocenters. The first-order valence-corrected chi connectivity index (χ1v) is 5.87. The van der Waals surface area contributed by atoms with Crippen LogP contribution >= 0.6 is 0 Å². The Morgan fingerprint density at radius 3 is 2.79 bits per heavy atom. The van der Waals surface area contributed by atoms with E-state index in [1.165, 1.54) is 0 Å². The maximum absolute atomic E-state index is 12.6. The number of hydrogen-bond donors (Lipinski definition) is 1. The molecule has 0 bridgehead atoms. The number of halogens is 3. The molecule has 0 spiro atoms. The van der Waals surface area contributed by atoms with Crippen LogP contribution in [0.25, 0.3) is 0 Å². The second-order valence-corrected chi connectivity index (χ2v) is 4.35. The molecule has 1 aromatic heterocycles. The van der Waals surface area contributed by atoms with Crippen molar-refractivity contribution in [3.63, 3.8) is 0 Å². The van der Waals surface area contributed by atoms with Crippen LogP contribution in [0.1, 0.15) is 36.9 Å².